The van der Waals surface area contributed by atoms with Gasteiger partial charge in [-0.1, -0.05) is 38.1 Å². The van der Waals surface area contributed by atoms with Gasteiger partial charge in [-0.3, -0.25) is 9.79 Å². The van der Waals surface area contributed by atoms with Crippen LogP contribution in [0.2, 0.25) is 0 Å². The molecule has 0 saturated carbocycles. The average Bonchev–Trinajstić information content (AvgIpc) is 2.69. The fraction of sp³-hybridized carbons (Fsp3) is 0.462. The van der Waals surface area contributed by atoms with E-state index in [-0.39, 0.29) is 17.6 Å². The van der Waals surface area contributed by atoms with Gasteiger partial charge in [-0.05, 0) is 87.3 Å². The minimum absolute atomic E-state index is 0.0865. The van der Waals surface area contributed by atoms with Gasteiger partial charge in [0.1, 0.15) is 5.78 Å². The number of alkyl halides is 3. The number of hydrogen-bond acceptors (Lipinski definition) is 2. The number of carbonyl (C=O) groups is 1. The number of aryl methyl sites for hydroxylation is 1. The predicted octanol–water partition coefficient (Wildman–Crippen LogP) is 7.38. The van der Waals surface area contributed by atoms with E-state index in [0.29, 0.717) is 11.1 Å². The van der Waals surface area contributed by atoms with Gasteiger partial charge in [-0.25, -0.2) is 0 Å². The molecule has 0 amide bonds. The molecular weight excluding hydrogens is 399 g/mol. The Morgan fingerprint density at radius 2 is 1.87 bits per heavy atom. The SMILES string of the molecule is C/C=C\N=C(/C)C1=CCC(C(C)C)C(C(C)(C(C)=O)c2ccc(C(F)(F)F)cc2C)=C1. The molecule has 0 radical (unpaired) electrons. The second-order valence-electron chi connectivity index (χ2n) is 8.75. The van der Waals surface area contributed by atoms with Crippen LogP contribution in [0, 0.1) is 18.8 Å². The molecule has 0 aromatic heterocycles. The molecule has 2 nitrogen and oxygen atoms in total. The summed E-state index contributed by atoms with van der Waals surface area (Å²) in [7, 11) is 0. The number of aliphatic imine (C=N–C) groups is 1. The maximum Gasteiger partial charge on any atom is 0.416 e. The summed E-state index contributed by atoms with van der Waals surface area (Å²) in [6.07, 6.45) is 4.06. The summed E-state index contributed by atoms with van der Waals surface area (Å²) in [5, 5.41) is 0. The third kappa shape index (κ3) is 5.08. The highest BCUT2D eigenvalue weighted by atomic mass is 19.4. The van der Waals surface area contributed by atoms with Crippen LogP contribution in [0.4, 0.5) is 13.2 Å². The van der Waals surface area contributed by atoms with E-state index >= 15 is 0 Å². The van der Waals surface area contributed by atoms with Crippen LogP contribution >= 0.6 is 0 Å². The van der Waals surface area contributed by atoms with Crippen LogP contribution < -0.4 is 0 Å². The lowest BCUT2D eigenvalue weighted by Crippen LogP contribution is -2.39. The topological polar surface area (TPSA) is 29.4 Å². The third-order valence-electron chi connectivity index (χ3n) is 6.32. The molecule has 0 N–H and O–H groups in total. The van der Waals surface area contributed by atoms with Crippen molar-refractivity contribution in [1.82, 2.24) is 0 Å². The zero-order valence-corrected chi connectivity index (χ0v) is 19.4. The molecule has 168 valence electrons. The van der Waals surface area contributed by atoms with Crippen LogP contribution in [-0.2, 0) is 16.4 Å². The van der Waals surface area contributed by atoms with Crippen molar-refractivity contribution in [2.45, 2.75) is 66.5 Å². The van der Waals surface area contributed by atoms with Crippen molar-refractivity contribution in [3.8, 4) is 0 Å². The first kappa shape index (κ1) is 24.8. The second kappa shape index (κ2) is 9.37. The van der Waals surface area contributed by atoms with Gasteiger partial charge in [-0.2, -0.15) is 13.2 Å². The fourth-order valence-corrected chi connectivity index (χ4v) is 4.32. The van der Waals surface area contributed by atoms with Gasteiger partial charge >= 0.3 is 6.18 Å². The smallest absolute Gasteiger partial charge is 0.299 e. The van der Waals surface area contributed by atoms with Crippen molar-refractivity contribution in [3.63, 3.8) is 0 Å². The summed E-state index contributed by atoms with van der Waals surface area (Å²) in [6, 6.07) is 3.68. The molecule has 2 rings (SSSR count). The quantitative estimate of drug-likeness (QED) is 0.432. The molecule has 1 aromatic rings. The zero-order valence-electron chi connectivity index (χ0n) is 19.4. The predicted molar refractivity (Wildman–Crippen MR) is 121 cm³/mol. The monoisotopic (exact) mass is 431 g/mol. The van der Waals surface area contributed by atoms with Gasteiger partial charge in [0.15, 0.2) is 0 Å². The Morgan fingerprint density at radius 3 is 2.35 bits per heavy atom. The molecule has 5 heteroatoms. The van der Waals surface area contributed by atoms with E-state index < -0.39 is 17.2 Å². The van der Waals surface area contributed by atoms with Gasteiger partial charge in [0, 0.05) is 11.9 Å². The van der Waals surface area contributed by atoms with E-state index in [0.717, 1.165) is 35.4 Å². The van der Waals surface area contributed by atoms with Gasteiger partial charge < -0.3 is 0 Å². The Bertz CT molecular complexity index is 963. The number of benzene rings is 1. The van der Waals surface area contributed by atoms with Crippen LogP contribution in [-0.4, -0.2) is 11.5 Å². The maximum atomic E-state index is 13.2. The van der Waals surface area contributed by atoms with Gasteiger partial charge in [0.05, 0.1) is 11.0 Å². The summed E-state index contributed by atoms with van der Waals surface area (Å²) in [6.45, 7) is 13.0. The largest absolute Gasteiger partial charge is 0.416 e. The molecule has 1 aliphatic rings. The molecular formula is C26H32F3NO. The number of Topliss-reactive ketones (excluding diaryl/α,β-unsaturated/α-hetero) is 1. The molecule has 1 aromatic carbocycles. The van der Waals surface area contributed by atoms with Crippen molar-refractivity contribution >= 4 is 11.5 Å². The number of nitrogens with zero attached hydrogens (tertiary/aromatic N) is 1. The van der Waals surface area contributed by atoms with E-state index in [9.17, 15) is 18.0 Å². The molecule has 2 unspecified atom stereocenters. The highest BCUT2D eigenvalue weighted by molar-refractivity contribution is 6.02. The summed E-state index contributed by atoms with van der Waals surface area (Å²) < 4.78 is 39.6. The lowest BCUT2D eigenvalue weighted by molar-refractivity contribution is -0.137. The normalized spacial score (nSPS) is 20.0. The van der Waals surface area contributed by atoms with Crippen molar-refractivity contribution < 1.29 is 18.0 Å². The Kier molecular flexibility index (Phi) is 7.51. The van der Waals surface area contributed by atoms with E-state index in [1.54, 1.807) is 13.1 Å². The summed E-state index contributed by atoms with van der Waals surface area (Å²) in [5.74, 6) is 0.288. The van der Waals surface area contributed by atoms with Crippen LogP contribution in [0.15, 0.2) is 58.8 Å². The third-order valence-corrected chi connectivity index (χ3v) is 6.32. The Morgan fingerprint density at radius 1 is 1.23 bits per heavy atom. The van der Waals surface area contributed by atoms with Crippen LogP contribution in [0.1, 0.15) is 64.7 Å². The highest BCUT2D eigenvalue weighted by Crippen LogP contribution is 2.45. The number of hydrogen-bond donors (Lipinski definition) is 0. The Labute approximate surface area is 183 Å². The molecule has 0 spiro atoms. The van der Waals surface area contributed by atoms with Crippen LogP contribution in [0.5, 0.6) is 0 Å². The lowest BCUT2D eigenvalue weighted by Gasteiger charge is -2.40. The summed E-state index contributed by atoms with van der Waals surface area (Å²) >= 11 is 0. The maximum absolute atomic E-state index is 13.2. The number of ketones is 1. The molecule has 0 saturated heterocycles. The summed E-state index contributed by atoms with van der Waals surface area (Å²) in [5.41, 5.74) is 2.08. The van der Waals surface area contributed by atoms with Crippen molar-refractivity contribution in [3.05, 3.63) is 70.5 Å². The van der Waals surface area contributed by atoms with Crippen molar-refractivity contribution in [1.29, 1.82) is 0 Å². The molecule has 31 heavy (non-hydrogen) atoms. The first-order chi connectivity index (χ1) is 14.3. The second-order valence-corrected chi connectivity index (χ2v) is 8.75. The highest BCUT2D eigenvalue weighted by Gasteiger charge is 2.43. The first-order valence-corrected chi connectivity index (χ1v) is 10.6. The minimum Gasteiger partial charge on any atom is -0.299 e. The van der Waals surface area contributed by atoms with E-state index in [4.69, 9.17) is 0 Å². The van der Waals surface area contributed by atoms with E-state index in [2.05, 4.69) is 24.9 Å². The van der Waals surface area contributed by atoms with Crippen molar-refractivity contribution in [2.75, 3.05) is 0 Å². The molecule has 0 aliphatic heterocycles. The van der Waals surface area contributed by atoms with Crippen molar-refractivity contribution in [2.24, 2.45) is 16.8 Å². The van der Waals surface area contributed by atoms with Gasteiger partial charge in [-0.15, -0.1) is 0 Å². The molecule has 0 fully saturated rings. The standard InChI is InChI=1S/C26H32F3NO/c1-8-13-30-18(5)20-9-11-22(16(2)3)24(15-20)25(7,19(6)31)23-12-10-21(14-17(23)4)26(27,28)29/h8-10,12-16,22H,11H2,1-7H3/b13-8-,30-18+. The zero-order chi connectivity index (χ0) is 23.6. The van der Waals surface area contributed by atoms with E-state index in [1.165, 1.54) is 13.0 Å². The first-order valence-electron chi connectivity index (χ1n) is 10.6. The lowest BCUT2D eigenvalue weighted by atomic mass is 9.63. The van der Waals surface area contributed by atoms with Gasteiger partial charge in [0.25, 0.3) is 0 Å². The van der Waals surface area contributed by atoms with Gasteiger partial charge in [0.2, 0.25) is 0 Å². The number of rotatable bonds is 6. The fourth-order valence-electron chi connectivity index (χ4n) is 4.32. The minimum atomic E-state index is -4.42. The number of carbonyl (C=O) groups excluding carboxylic acids is 1. The van der Waals surface area contributed by atoms with Crippen LogP contribution in [0.25, 0.3) is 0 Å². The Hall–Kier alpha value is -2.43. The van der Waals surface area contributed by atoms with E-state index in [1.807, 2.05) is 32.9 Å². The summed E-state index contributed by atoms with van der Waals surface area (Å²) in [4.78, 5) is 17.5. The molecule has 0 bridgehead atoms. The number of halogens is 3. The van der Waals surface area contributed by atoms with Crippen LogP contribution in [0.3, 0.4) is 0 Å². The molecule has 1 aliphatic carbocycles. The number of allylic oxidation sites excluding steroid dienone is 5. The Balaban J connectivity index is 2.72. The molecule has 2 atom stereocenters. The average molecular weight is 432 g/mol. The molecule has 0 heterocycles.